The molecule has 0 spiro atoms. The number of halogens is 3. The fourth-order valence-corrected chi connectivity index (χ4v) is 2.06. The van der Waals surface area contributed by atoms with Gasteiger partial charge in [0.05, 0.1) is 0 Å². The quantitative estimate of drug-likeness (QED) is 0.672. The summed E-state index contributed by atoms with van der Waals surface area (Å²) in [5, 5.41) is 0. The summed E-state index contributed by atoms with van der Waals surface area (Å²) < 4.78 is 42.0. The summed E-state index contributed by atoms with van der Waals surface area (Å²) in [6.45, 7) is 0. The van der Waals surface area contributed by atoms with E-state index >= 15 is 0 Å². The van der Waals surface area contributed by atoms with Gasteiger partial charge in [0.25, 0.3) is 0 Å². The fourth-order valence-electron chi connectivity index (χ4n) is 2.06. The van der Waals surface area contributed by atoms with E-state index in [1.807, 2.05) is 41.1 Å². The largest absolute Gasteiger partial charge is 0.573 e. The number of rotatable bonds is 2. The van der Waals surface area contributed by atoms with Crippen molar-refractivity contribution in [2.45, 2.75) is 6.36 Å². The van der Waals surface area contributed by atoms with Crippen molar-refractivity contribution in [1.29, 1.82) is 0 Å². The van der Waals surface area contributed by atoms with Crippen molar-refractivity contribution in [3.8, 4) is 16.9 Å². The third kappa shape index (κ3) is 2.61. The van der Waals surface area contributed by atoms with Crippen LogP contribution < -0.4 is 4.74 Å². The standard InChI is InChI=1S/C15H10F3NO/c16-15(17,18)20-14-5-3-11(4-6-14)12-7-9-19-8-1-2-13(19)10-12/h1-10H. The molecule has 0 unspecified atom stereocenters. The Labute approximate surface area is 113 Å². The van der Waals surface area contributed by atoms with Crippen LogP contribution in [0.15, 0.2) is 60.9 Å². The highest BCUT2D eigenvalue weighted by atomic mass is 19.4. The molecule has 3 aromatic rings. The third-order valence-electron chi connectivity index (χ3n) is 2.95. The van der Waals surface area contributed by atoms with Gasteiger partial charge in [-0.1, -0.05) is 12.1 Å². The van der Waals surface area contributed by atoms with Gasteiger partial charge in [-0.25, -0.2) is 0 Å². The molecule has 1 aromatic carbocycles. The number of fused-ring (bicyclic) bond motifs is 1. The summed E-state index contributed by atoms with van der Waals surface area (Å²) in [6.07, 6.45) is -0.823. The molecule has 0 saturated carbocycles. The van der Waals surface area contributed by atoms with E-state index in [0.717, 1.165) is 16.6 Å². The molecule has 102 valence electrons. The Balaban J connectivity index is 1.90. The Kier molecular flexibility index (Phi) is 2.89. The van der Waals surface area contributed by atoms with Crippen LogP contribution in [-0.4, -0.2) is 10.8 Å². The number of aromatic nitrogens is 1. The highest BCUT2D eigenvalue weighted by molar-refractivity contribution is 5.69. The Hall–Kier alpha value is -2.43. The number of nitrogens with zero attached hydrogens (tertiary/aromatic N) is 1. The smallest absolute Gasteiger partial charge is 0.406 e. The molecule has 20 heavy (non-hydrogen) atoms. The van der Waals surface area contributed by atoms with Crippen LogP contribution in [0.4, 0.5) is 13.2 Å². The molecule has 2 aromatic heterocycles. The number of ether oxygens (including phenoxy) is 1. The molecule has 0 aliphatic carbocycles. The molecule has 3 rings (SSSR count). The predicted octanol–water partition coefficient (Wildman–Crippen LogP) is 4.50. The van der Waals surface area contributed by atoms with Gasteiger partial charge >= 0.3 is 6.36 Å². The lowest BCUT2D eigenvalue weighted by atomic mass is 10.1. The zero-order valence-corrected chi connectivity index (χ0v) is 10.3. The predicted molar refractivity (Wildman–Crippen MR) is 69.5 cm³/mol. The van der Waals surface area contributed by atoms with Crippen molar-refractivity contribution in [1.82, 2.24) is 4.40 Å². The normalized spacial score (nSPS) is 11.8. The van der Waals surface area contributed by atoms with E-state index in [2.05, 4.69) is 4.74 Å². The fraction of sp³-hybridized carbons (Fsp3) is 0.0667. The molecule has 0 fully saturated rings. The molecule has 0 N–H and O–H groups in total. The second-order valence-electron chi connectivity index (χ2n) is 4.33. The van der Waals surface area contributed by atoms with Gasteiger partial charge in [0.15, 0.2) is 0 Å². The first-order valence-corrected chi connectivity index (χ1v) is 5.94. The molecular formula is C15H10F3NO. The molecule has 0 radical (unpaired) electrons. The number of hydrogen-bond donors (Lipinski definition) is 0. The van der Waals surface area contributed by atoms with Crippen LogP contribution in [0, 0.1) is 0 Å². The van der Waals surface area contributed by atoms with E-state index in [4.69, 9.17) is 0 Å². The first-order valence-electron chi connectivity index (χ1n) is 5.94. The second-order valence-corrected chi connectivity index (χ2v) is 4.33. The SMILES string of the molecule is FC(F)(F)Oc1ccc(-c2ccn3cccc3c2)cc1. The molecule has 0 atom stereocenters. The van der Waals surface area contributed by atoms with E-state index < -0.39 is 6.36 Å². The number of alkyl halides is 3. The molecule has 0 aliphatic heterocycles. The van der Waals surface area contributed by atoms with E-state index in [1.54, 1.807) is 12.1 Å². The molecule has 0 saturated heterocycles. The van der Waals surface area contributed by atoms with Crippen LogP contribution in [-0.2, 0) is 0 Å². The lowest BCUT2D eigenvalue weighted by molar-refractivity contribution is -0.274. The summed E-state index contributed by atoms with van der Waals surface area (Å²) in [5.74, 6) is -0.218. The number of hydrogen-bond acceptors (Lipinski definition) is 1. The summed E-state index contributed by atoms with van der Waals surface area (Å²) in [7, 11) is 0. The lowest BCUT2D eigenvalue weighted by Gasteiger charge is -2.09. The van der Waals surface area contributed by atoms with E-state index in [0.29, 0.717) is 0 Å². The Morgan fingerprint density at radius 1 is 0.850 bits per heavy atom. The van der Waals surface area contributed by atoms with Crippen molar-refractivity contribution in [3.63, 3.8) is 0 Å². The Morgan fingerprint density at radius 2 is 1.60 bits per heavy atom. The Morgan fingerprint density at radius 3 is 2.30 bits per heavy atom. The number of benzene rings is 1. The van der Waals surface area contributed by atoms with Crippen molar-refractivity contribution in [2.75, 3.05) is 0 Å². The summed E-state index contributed by atoms with van der Waals surface area (Å²) in [4.78, 5) is 0. The van der Waals surface area contributed by atoms with Crippen LogP contribution >= 0.6 is 0 Å². The zero-order chi connectivity index (χ0) is 14.2. The highest BCUT2D eigenvalue weighted by Gasteiger charge is 2.30. The summed E-state index contributed by atoms with van der Waals surface area (Å²) in [5.41, 5.74) is 2.80. The van der Waals surface area contributed by atoms with Gasteiger partial charge in [-0.15, -0.1) is 13.2 Å². The molecule has 0 bridgehead atoms. The van der Waals surface area contributed by atoms with Crippen LogP contribution in [0.25, 0.3) is 16.6 Å². The van der Waals surface area contributed by atoms with Crippen LogP contribution in [0.1, 0.15) is 0 Å². The molecule has 2 heterocycles. The third-order valence-corrected chi connectivity index (χ3v) is 2.95. The van der Waals surface area contributed by atoms with Gasteiger partial charge in [0.1, 0.15) is 5.75 Å². The maximum Gasteiger partial charge on any atom is 0.573 e. The number of pyridine rings is 1. The molecule has 2 nitrogen and oxygen atoms in total. The molecule has 0 amide bonds. The second kappa shape index (κ2) is 4.59. The molecule has 5 heteroatoms. The van der Waals surface area contributed by atoms with Crippen molar-refractivity contribution < 1.29 is 17.9 Å². The van der Waals surface area contributed by atoms with Gasteiger partial charge in [-0.3, -0.25) is 0 Å². The van der Waals surface area contributed by atoms with Gasteiger partial charge in [-0.2, -0.15) is 0 Å². The average molecular weight is 277 g/mol. The lowest BCUT2D eigenvalue weighted by Crippen LogP contribution is -2.16. The Bertz CT molecular complexity index is 729. The monoisotopic (exact) mass is 277 g/mol. The zero-order valence-electron chi connectivity index (χ0n) is 10.3. The maximum atomic E-state index is 12.1. The molecule has 0 aliphatic rings. The summed E-state index contributed by atoms with van der Waals surface area (Å²) >= 11 is 0. The maximum absolute atomic E-state index is 12.1. The van der Waals surface area contributed by atoms with Gasteiger partial charge in [-0.05, 0) is 47.5 Å². The highest BCUT2D eigenvalue weighted by Crippen LogP contribution is 2.27. The minimum Gasteiger partial charge on any atom is -0.406 e. The van der Waals surface area contributed by atoms with E-state index in [1.165, 1.54) is 12.1 Å². The average Bonchev–Trinajstić information content (AvgIpc) is 2.85. The first kappa shape index (κ1) is 12.6. The van der Waals surface area contributed by atoms with E-state index in [9.17, 15) is 13.2 Å². The van der Waals surface area contributed by atoms with Crippen LogP contribution in [0.2, 0.25) is 0 Å². The van der Waals surface area contributed by atoms with Gasteiger partial charge < -0.3 is 9.14 Å². The van der Waals surface area contributed by atoms with Crippen molar-refractivity contribution in [3.05, 3.63) is 60.9 Å². The van der Waals surface area contributed by atoms with Crippen molar-refractivity contribution in [2.24, 2.45) is 0 Å². The van der Waals surface area contributed by atoms with E-state index in [-0.39, 0.29) is 5.75 Å². The van der Waals surface area contributed by atoms with Crippen LogP contribution in [0.5, 0.6) is 5.75 Å². The van der Waals surface area contributed by atoms with Crippen LogP contribution in [0.3, 0.4) is 0 Å². The van der Waals surface area contributed by atoms with Crippen molar-refractivity contribution >= 4 is 5.52 Å². The molecular weight excluding hydrogens is 267 g/mol. The summed E-state index contributed by atoms with van der Waals surface area (Å²) in [6, 6.07) is 13.6. The minimum absolute atomic E-state index is 0.218. The topological polar surface area (TPSA) is 13.6 Å². The minimum atomic E-state index is -4.66. The first-order chi connectivity index (χ1) is 9.51. The van der Waals surface area contributed by atoms with Gasteiger partial charge in [0.2, 0.25) is 0 Å². The van der Waals surface area contributed by atoms with Gasteiger partial charge in [0, 0.05) is 17.9 Å².